The molecule has 1 aromatic heterocycles. The molecule has 5 nitrogen and oxygen atoms in total. The Balaban J connectivity index is 2.18. The third kappa shape index (κ3) is 4.13. The molecular formula is C16H21N3O2S. The fourth-order valence-electron chi connectivity index (χ4n) is 1.94. The number of benzene rings is 1. The van der Waals surface area contributed by atoms with Crippen molar-refractivity contribution >= 4 is 28.1 Å². The van der Waals surface area contributed by atoms with Crippen LogP contribution in [0.15, 0.2) is 29.6 Å². The highest BCUT2D eigenvalue weighted by Gasteiger charge is 2.17. The number of anilines is 2. The van der Waals surface area contributed by atoms with E-state index in [0.717, 1.165) is 16.9 Å². The fraction of sp³-hybridized carbons (Fsp3) is 0.375. The standard InChI is InChI=1S/C16H21N3O2S/c1-11-4-6-15(7-5-11)19(13(3)21)16-18-14(10-22-16)8-17-12(2)9-20/h4-7,10,12,17,20H,8-9H2,1-3H3/t12-/m1/s1. The molecule has 0 radical (unpaired) electrons. The van der Waals surface area contributed by atoms with E-state index in [4.69, 9.17) is 5.11 Å². The van der Waals surface area contributed by atoms with Gasteiger partial charge in [-0.2, -0.15) is 0 Å². The van der Waals surface area contributed by atoms with Gasteiger partial charge < -0.3 is 10.4 Å². The first-order valence-electron chi connectivity index (χ1n) is 7.17. The number of aromatic nitrogens is 1. The summed E-state index contributed by atoms with van der Waals surface area (Å²) in [5.41, 5.74) is 2.82. The molecule has 2 aromatic rings. The van der Waals surface area contributed by atoms with Gasteiger partial charge in [0.2, 0.25) is 5.91 Å². The lowest BCUT2D eigenvalue weighted by Crippen LogP contribution is -2.28. The molecule has 2 N–H and O–H groups in total. The van der Waals surface area contributed by atoms with Gasteiger partial charge in [0.1, 0.15) is 0 Å². The molecule has 0 aliphatic rings. The van der Waals surface area contributed by atoms with E-state index in [2.05, 4.69) is 10.3 Å². The summed E-state index contributed by atoms with van der Waals surface area (Å²) in [5, 5.41) is 14.8. The second kappa shape index (κ2) is 7.49. The zero-order valence-corrected chi connectivity index (χ0v) is 13.9. The zero-order chi connectivity index (χ0) is 16.1. The number of aliphatic hydroxyl groups excluding tert-OH is 1. The fourth-order valence-corrected chi connectivity index (χ4v) is 2.83. The summed E-state index contributed by atoms with van der Waals surface area (Å²) in [6.45, 7) is 6.10. The van der Waals surface area contributed by atoms with Crippen molar-refractivity contribution in [3.05, 3.63) is 40.9 Å². The van der Waals surface area contributed by atoms with Crippen molar-refractivity contribution < 1.29 is 9.90 Å². The van der Waals surface area contributed by atoms with Crippen molar-refractivity contribution in [1.29, 1.82) is 0 Å². The molecule has 6 heteroatoms. The molecule has 1 amide bonds. The van der Waals surface area contributed by atoms with Crippen LogP contribution in [0, 0.1) is 6.92 Å². The maximum atomic E-state index is 12.0. The molecule has 1 heterocycles. The van der Waals surface area contributed by atoms with E-state index in [1.165, 1.54) is 18.3 Å². The van der Waals surface area contributed by atoms with E-state index in [-0.39, 0.29) is 18.6 Å². The summed E-state index contributed by atoms with van der Waals surface area (Å²) < 4.78 is 0. The molecular weight excluding hydrogens is 298 g/mol. The predicted octanol–water partition coefficient (Wildman–Crippen LogP) is 2.61. The van der Waals surface area contributed by atoms with Crippen molar-refractivity contribution in [3.63, 3.8) is 0 Å². The molecule has 0 saturated heterocycles. The Labute approximate surface area is 134 Å². The van der Waals surface area contributed by atoms with Crippen molar-refractivity contribution in [3.8, 4) is 0 Å². The minimum atomic E-state index is -0.0681. The third-order valence-electron chi connectivity index (χ3n) is 3.24. The average molecular weight is 319 g/mol. The Morgan fingerprint density at radius 2 is 2.09 bits per heavy atom. The SMILES string of the molecule is CC(=O)N(c1ccc(C)cc1)c1nc(CN[C@H](C)CO)cs1. The van der Waals surface area contributed by atoms with Crippen LogP contribution in [0.2, 0.25) is 0 Å². The zero-order valence-electron chi connectivity index (χ0n) is 13.0. The Kier molecular flexibility index (Phi) is 5.65. The van der Waals surface area contributed by atoms with Gasteiger partial charge in [-0.1, -0.05) is 17.7 Å². The highest BCUT2D eigenvalue weighted by molar-refractivity contribution is 7.14. The number of rotatable bonds is 6. The summed E-state index contributed by atoms with van der Waals surface area (Å²) in [7, 11) is 0. The van der Waals surface area contributed by atoms with Crippen LogP contribution in [-0.4, -0.2) is 28.6 Å². The Bertz CT molecular complexity index is 625. The molecule has 2 rings (SSSR count). The molecule has 0 aliphatic carbocycles. The number of amides is 1. The minimum Gasteiger partial charge on any atom is -0.395 e. The van der Waals surface area contributed by atoms with Gasteiger partial charge in [0.15, 0.2) is 5.13 Å². The molecule has 22 heavy (non-hydrogen) atoms. The molecule has 0 unspecified atom stereocenters. The van der Waals surface area contributed by atoms with Crippen LogP contribution in [0.4, 0.5) is 10.8 Å². The summed E-state index contributed by atoms with van der Waals surface area (Å²) in [5.74, 6) is -0.0681. The van der Waals surface area contributed by atoms with Gasteiger partial charge in [-0.05, 0) is 26.0 Å². The summed E-state index contributed by atoms with van der Waals surface area (Å²) in [6.07, 6.45) is 0. The molecule has 0 fully saturated rings. The van der Waals surface area contributed by atoms with Crippen LogP contribution in [-0.2, 0) is 11.3 Å². The number of nitrogens with one attached hydrogen (secondary N) is 1. The number of carbonyl (C=O) groups excluding carboxylic acids is 1. The first-order valence-corrected chi connectivity index (χ1v) is 8.05. The van der Waals surface area contributed by atoms with E-state index in [9.17, 15) is 4.79 Å². The largest absolute Gasteiger partial charge is 0.395 e. The number of carbonyl (C=O) groups is 1. The number of aliphatic hydroxyl groups is 1. The van der Waals surface area contributed by atoms with Gasteiger partial charge >= 0.3 is 0 Å². The van der Waals surface area contributed by atoms with Gasteiger partial charge in [0.25, 0.3) is 0 Å². The first kappa shape index (κ1) is 16.6. The molecule has 0 saturated carbocycles. The maximum Gasteiger partial charge on any atom is 0.230 e. The van der Waals surface area contributed by atoms with E-state index >= 15 is 0 Å². The van der Waals surface area contributed by atoms with Crippen LogP contribution < -0.4 is 10.2 Å². The van der Waals surface area contributed by atoms with E-state index in [1.807, 2.05) is 43.5 Å². The Hall–Kier alpha value is -1.76. The van der Waals surface area contributed by atoms with Crippen molar-refractivity contribution in [1.82, 2.24) is 10.3 Å². The van der Waals surface area contributed by atoms with Crippen LogP contribution in [0.5, 0.6) is 0 Å². The predicted molar refractivity (Wildman–Crippen MR) is 89.5 cm³/mol. The quantitative estimate of drug-likeness (QED) is 0.859. The lowest BCUT2D eigenvalue weighted by atomic mass is 10.2. The topological polar surface area (TPSA) is 65.5 Å². The second-order valence-corrected chi connectivity index (χ2v) is 6.11. The van der Waals surface area contributed by atoms with Gasteiger partial charge in [-0.3, -0.25) is 9.69 Å². The smallest absolute Gasteiger partial charge is 0.230 e. The number of hydrogen-bond donors (Lipinski definition) is 2. The van der Waals surface area contributed by atoms with Crippen LogP contribution >= 0.6 is 11.3 Å². The van der Waals surface area contributed by atoms with Gasteiger partial charge in [-0.25, -0.2) is 4.98 Å². The minimum absolute atomic E-state index is 0.0196. The number of thiazole rings is 1. The van der Waals surface area contributed by atoms with Gasteiger partial charge in [0, 0.05) is 24.9 Å². The van der Waals surface area contributed by atoms with Crippen LogP contribution in [0.25, 0.3) is 0 Å². The monoisotopic (exact) mass is 319 g/mol. The third-order valence-corrected chi connectivity index (χ3v) is 4.12. The normalized spacial score (nSPS) is 12.2. The van der Waals surface area contributed by atoms with Crippen LogP contribution in [0.3, 0.4) is 0 Å². The molecule has 1 atom stereocenters. The van der Waals surface area contributed by atoms with E-state index in [1.54, 1.807) is 4.90 Å². The highest BCUT2D eigenvalue weighted by Crippen LogP contribution is 2.29. The lowest BCUT2D eigenvalue weighted by molar-refractivity contribution is -0.115. The molecule has 0 spiro atoms. The number of aryl methyl sites for hydroxylation is 1. The van der Waals surface area contributed by atoms with Crippen LogP contribution in [0.1, 0.15) is 25.1 Å². The molecule has 0 aliphatic heterocycles. The Morgan fingerprint density at radius 1 is 1.41 bits per heavy atom. The molecule has 1 aromatic carbocycles. The van der Waals surface area contributed by atoms with Crippen molar-refractivity contribution in [2.75, 3.05) is 11.5 Å². The summed E-state index contributed by atoms with van der Waals surface area (Å²) in [4.78, 5) is 18.1. The van der Waals surface area contributed by atoms with E-state index in [0.29, 0.717) is 11.7 Å². The van der Waals surface area contributed by atoms with Crippen molar-refractivity contribution in [2.24, 2.45) is 0 Å². The van der Waals surface area contributed by atoms with E-state index < -0.39 is 0 Å². The average Bonchev–Trinajstić information content (AvgIpc) is 2.95. The molecule has 118 valence electrons. The first-order chi connectivity index (χ1) is 10.5. The lowest BCUT2D eigenvalue weighted by Gasteiger charge is -2.18. The highest BCUT2D eigenvalue weighted by atomic mass is 32.1. The number of nitrogens with zero attached hydrogens (tertiary/aromatic N) is 2. The molecule has 0 bridgehead atoms. The van der Waals surface area contributed by atoms with Gasteiger partial charge in [-0.15, -0.1) is 11.3 Å². The van der Waals surface area contributed by atoms with Gasteiger partial charge in [0.05, 0.1) is 18.0 Å². The summed E-state index contributed by atoms with van der Waals surface area (Å²) in [6, 6.07) is 7.81. The Morgan fingerprint density at radius 3 is 2.68 bits per heavy atom. The van der Waals surface area contributed by atoms with Crippen molar-refractivity contribution in [2.45, 2.75) is 33.4 Å². The summed E-state index contributed by atoms with van der Waals surface area (Å²) >= 11 is 1.44. The maximum absolute atomic E-state index is 12.0. The second-order valence-electron chi connectivity index (χ2n) is 5.28. The number of hydrogen-bond acceptors (Lipinski definition) is 5.